The fourth-order valence-electron chi connectivity index (χ4n) is 1.83. The van der Waals surface area contributed by atoms with Gasteiger partial charge in [0, 0.05) is 12.1 Å². The van der Waals surface area contributed by atoms with Crippen LogP contribution in [0.3, 0.4) is 0 Å². The average Bonchev–Trinajstić information content (AvgIpc) is 2.07. The van der Waals surface area contributed by atoms with Gasteiger partial charge in [-0.15, -0.1) is 6.58 Å². The molecule has 0 saturated heterocycles. The molecule has 0 radical (unpaired) electrons. The van der Waals surface area contributed by atoms with E-state index >= 15 is 0 Å². The van der Waals surface area contributed by atoms with E-state index in [2.05, 4.69) is 6.58 Å². The normalized spacial score (nSPS) is 19.2. The largest absolute Gasteiger partial charge is 0.333 e. The third-order valence-corrected chi connectivity index (χ3v) is 3.04. The van der Waals surface area contributed by atoms with Crippen molar-refractivity contribution in [2.75, 3.05) is 6.54 Å². The fourth-order valence-corrected chi connectivity index (χ4v) is 1.83. The van der Waals surface area contributed by atoms with Gasteiger partial charge in [-0.2, -0.15) is 0 Å². The van der Waals surface area contributed by atoms with Gasteiger partial charge in [0.05, 0.1) is 5.54 Å². The summed E-state index contributed by atoms with van der Waals surface area (Å²) in [6.45, 7) is 10.3. The number of rotatable bonds is 3. The van der Waals surface area contributed by atoms with Crippen LogP contribution < -0.4 is 5.73 Å². The monoisotopic (exact) mass is 210 g/mol. The minimum atomic E-state index is -0.601. The topological polar surface area (TPSA) is 46.3 Å². The first-order valence-corrected chi connectivity index (χ1v) is 5.53. The summed E-state index contributed by atoms with van der Waals surface area (Å²) in [5, 5.41) is 0. The third kappa shape index (κ3) is 2.40. The minimum Gasteiger partial charge on any atom is -0.333 e. The molecule has 0 spiro atoms. The third-order valence-electron chi connectivity index (χ3n) is 3.04. The lowest BCUT2D eigenvalue weighted by molar-refractivity contribution is -0.144. The standard InChI is InChI=1S/C12H22N2O/c1-5-9-14(11(2,3)4)10(15)12(13)7-6-8-12/h5H,1,6-9,13H2,2-4H3. The summed E-state index contributed by atoms with van der Waals surface area (Å²) in [6.07, 6.45) is 4.45. The second kappa shape index (κ2) is 3.97. The highest BCUT2D eigenvalue weighted by Gasteiger charge is 2.44. The van der Waals surface area contributed by atoms with Gasteiger partial charge < -0.3 is 10.6 Å². The number of nitrogens with two attached hydrogens (primary N) is 1. The van der Waals surface area contributed by atoms with Gasteiger partial charge in [0.2, 0.25) is 5.91 Å². The molecule has 3 nitrogen and oxygen atoms in total. The number of hydrogen-bond acceptors (Lipinski definition) is 2. The van der Waals surface area contributed by atoms with Gasteiger partial charge in [-0.3, -0.25) is 4.79 Å². The Morgan fingerprint density at radius 3 is 2.33 bits per heavy atom. The van der Waals surface area contributed by atoms with Crippen molar-refractivity contribution in [1.82, 2.24) is 4.90 Å². The van der Waals surface area contributed by atoms with Gasteiger partial charge >= 0.3 is 0 Å². The number of hydrogen-bond donors (Lipinski definition) is 1. The predicted octanol–water partition coefficient (Wildman–Crippen LogP) is 1.68. The molecule has 0 heterocycles. The summed E-state index contributed by atoms with van der Waals surface area (Å²) in [6, 6.07) is 0. The van der Waals surface area contributed by atoms with Crippen molar-refractivity contribution in [2.45, 2.75) is 51.1 Å². The maximum Gasteiger partial charge on any atom is 0.243 e. The summed E-state index contributed by atoms with van der Waals surface area (Å²) in [4.78, 5) is 14.1. The van der Waals surface area contributed by atoms with Crippen molar-refractivity contribution < 1.29 is 4.79 Å². The Balaban J connectivity index is 2.80. The number of nitrogens with zero attached hydrogens (tertiary/aromatic N) is 1. The zero-order valence-electron chi connectivity index (χ0n) is 10.0. The first kappa shape index (κ1) is 12.2. The second-order valence-electron chi connectivity index (χ2n) is 5.38. The van der Waals surface area contributed by atoms with E-state index in [-0.39, 0.29) is 11.4 Å². The van der Waals surface area contributed by atoms with E-state index in [9.17, 15) is 4.79 Å². The summed E-state index contributed by atoms with van der Waals surface area (Å²) in [7, 11) is 0. The van der Waals surface area contributed by atoms with Crippen molar-refractivity contribution in [3.63, 3.8) is 0 Å². The van der Waals surface area contributed by atoms with Gasteiger partial charge in [-0.05, 0) is 40.0 Å². The Kier molecular flexibility index (Phi) is 3.24. The van der Waals surface area contributed by atoms with E-state index in [1.165, 1.54) is 0 Å². The van der Waals surface area contributed by atoms with E-state index in [1.54, 1.807) is 6.08 Å². The Morgan fingerprint density at radius 2 is 2.07 bits per heavy atom. The number of amides is 1. The lowest BCUT2D eigenvalue weighted by atomic mass is 9.76. The molecule has 15 heavy (non-hydrogen) atoms. The molecule has 1 saturated carbocycles. The molecule has 1 amide bonds. The Labute approximate surface area is 92.3 Å². The molecule has 1 fully saturated rings. The van der Waals surface area contributed by atoms with Crippen molar-refractivity contribution >= 4 is 5.91 Å². The Hall–Kier alpha value is -0.830. The van der Waals surface area contributed by atoms with Crippen molar-refractivity contribution in [3.05, 3.63) is 12.7 Å². The van der Waals surface area contributed by atoms with Gasteiger partial charge in [0.25, 0.3) is 0 Å². The molecular formula is C12H22N2O. The van der Waals surface area contributed by atoms with Crippen LogP contribution in [0.1, 0.15) is 40.0 Å². The molecule has 0 bridgehead atoms. The van der Waals surface area contributed by atoms with Crippen LogP contribution in [0.25, 0.3) is 0 Å². The summed E-state index contributed by atoms with van der Waals surface area (Å²) < 4.78 is 0. The molecule has 1 aliphatic carbocycles. The quantitative estimate of drug-likeness (QED) is 0.720. The lowest BCUT2D eigenvalue weighted by Gasteiger charge is -2.45. The van der Waals surface area contributed by atoms with Crippen LogP contribution in [0.15, 0.2) is 12.7 Å². The van der Waals surface area contributed by atoms with Gasteiger partial charge in [0.1, 0.15) is 0 Å². The van der Waals surface area contributed by atoms with Crippen molar-refractivity contribution in [3.8, 4) is 0 Å². The molecule has 86 valence electrons. The molecule has 1 rings (SSSR count). The summed E-state index contributed by atoms with van der Waals surface area (Å²) in [5.74, 6) is 0.0705. The first-order chi connectivity index (χ1) is 6.81. The van der Waals surface area contributed by atoms with Crippen molar-refractivity contribution in [1.29, 1.82) is 0 Å². The molecule has 3 heteroatoms. The van der Waals surface area contributed by atoms with Crippen LogP contribution in [0.2, 0.25) is 0 Å². The molecule has 0 aromatic carbocycles. The maximum absolute atomic E-state index is 12.2. The summed E-state index contributed by atoms with van der Waals surface area (Å²) >= 11 is 0. The molecular weight excluding hydrogens is 188 g/mol. The Bertz CT molecular complexity index is 261. The van der Waals surface area contributed by atoms with E-state index in [4.69, 9.17) is 5.73 Å². The zero-order chi connectivity index (χ0) is 11.7. The van der Waals surface area contributed by atoms with Crippen LogP contribution in [0.5, 0.6) is 0 Å². The highest BCUT2D eigenvalue weighted by Crippen LogP contribution is 2.32. The predicted molar refractivity (Wildman–Crippen MR) is 62.4 cm³/mol. The molecule has 0 aromatic heterocycles. The zero-order valence-corrected chi connectivity index (χ0v) is 10.0. The van der Waals surface area contributed by atoms with Crippen LogP contribution >= 0.6 is 0 Å². The van der Waals surface area contributed by atoms with E-state index in [0.29, 0.717) is 6.54 Å². The highest BCUT2D eigenvalue weighted by molar-refractivity contribution is 5.87. The molecule has 2 N–H and O–H groups in total. The minimum absolute atomic E-state index is 0.0705. The molecule has 0 unspecified atom stereocenters. The number of carbonyl (C=O) groups excluding carboxylic acids is 1. The van der Waals surface area contributed by atoms with Crippen molar-refractivity contribution in [2.24, 2.45) is 5.73 Å². The SMILES string of the molecule is C=CCN(C(=O)C1(N)CCC1)C(C)(C)C. The van der Waals surface area contributed by atoms with Gasteiger partial charge in [-0.1, -0.05) is 6.08 Å². The van der Waals surface area contributed by atoms with Crippen LogP contribution in [0, 0.1) is 0 Å². The van der Waals surface area contributed by atoms with Gasteiger partial charge in [-0.25, -0.2) is 0 Å². The van der Waals surface area contributed by atoms with Crippen LogP contribution in [0.4, 0.5) is 0 Å². The molecule has 0 aromatic rings. The van der Waals surface area contributed by atoms with E-state index in [1.807, 2.05) is 25.7 Å². The molecule has 1 aliphatic rings. The van der Waals surface area contributed by atoms with E-state index in [0.717, 1.165) is 19.3 Å². The average molecular weight is 210 g/mol. The Morgan fingerprint density at radius 1 is 1.53 bits per heavy atom. The second-order valence-corrected chi connectivity index (χ2v) is 5.38. The van der Waals surface area contributed by atoms with Gasteiger partial charge in [0.15, 0.2) is 0 Å². The number of carbonyl (C=O) groups is 1. The van der Waals surface area contributed by atoms with Crippen LogP contribution in [-0.2, 0) is 4.79 Å². The fraction of sp³-hybridized carbons (Fsp3) is 0.750. The highest BCUT2D eigenvalue weighted by atomic mass is 16.2. The summed E-state index contributed by atoms with van der Waals surface area (Å²) in [5.41, 5.74) is 5.26. The first-order valence-electron chi connectivity index (χ1n) is 5.53. The molecule has 0 atom stereocenters. The smallest absolute Gasteiger partial charge is 0.243 e. The van der Waals surface area contributed by atoms with E-state index < -0.39 is 5.54 Å². The molecule has 0 aliphatic heterocycles. The maximum atomic E-state index is 12.2. The van der Waals surface area contributed by atoms with Crippen LogP contribution in [-0.4, -0.2) is 28.4 Å². The lowest BCUT2D eigenvalue weighted by Crippen LogP contribution is -2.63.